The van der Waals surface area contributed by atoms with Crippen LogP contribution in [0.5, 0.6) is 0 Å². The molecule has 0 aromatic heterocycles. The lowest BCUT2D eigenvalue weighted by Crippen LogP contribution is -2.48. The minimum atomic E-state index is -0.589. The van der Waals surface area contributed by atoms with E-state index in [9.17, 15) is 14.4 Å². The smallest absolute Gasteiger partial charge is 0.289 e. The predicted molar refractivity (Wildman–Crippen MR) is 83.2 cm³/mol. The fraction of sp³-hybridized carbons (Fsp3) is 0.500. The Labute approximate surface area is 135 Å². The average molecular weight is 312 g/mol. The van der Waals surface area contributed by atoms with Crippen molar-refractivity contribution >= 4 is 17.6 Å². The van der Waals surface area contributed by atoms with Crippen molar-refractivity contribution in [2.75, 3.05) is 0 Å². The minimum absolute atomic E-state index is 0.0103. The molecule has 2 saturated carbocycles. The van der Waals surface area contributed by atoms with Crippen LogP contribution in [0, 0.1) is 5.41 Å². The summed E-state index contributed by atoms with van der Waals surface area (Å²) in [5.74, 6) is -0.961. The van der Waals surface area contributed by atoms with Gasteiger partial charge in [0.1, 0.15) is 6.04 Å². The fourth-order valence-electron chi connectivity index (χ4n) is 3.57. The number of hydrogen-bond donors (Lipinski definition) is 1. The first kappa shape index (κ1) is 14.4. The molecule has 0 bridgehead atoms. The SMILES string of the molecule is O=C(NC1CC1)C(=O)C1N(Cc2ccccc2)C(=O)CC12CC2. The van der Waals surface area contributed by atoms with Crippen LogP contribution in [0.1, 0.15) is 37.7 Å². The molecule has 1 aromatic rings. The van der Waals surface area contributed by atoms with Crippen LogP contribution in [-0.4, -0.2) is 34.6 Å². The van der Waals surface area contributed by atoms with E-state index in [4.69, 9.17) is 0 Å². The highest BCUT2D eigenvalue weighted by Crippen LogP contribution is 2.57. The zero-order valence-electron chi connectivity index (χ0n) is 13.0. The van der Waals surface area contributed by atoms with Crippen molar-refractivity contribution in [3.05, 3.63) is 35.9 Å². The Balaban J connectivity index is 1.56. The monoisotopic (exact) mass is 312 g/mol. The van der Waals surface area contributed by atoms with Gasteiger partial charge in [-0.25, -0.2) is 0 Å². The summed E-state index contributed by atoms with van der Waals surface area (Å²) >= 11 is 0. The molecule has 3 aliphatic rings. The molecule has 0 radical (unpaired) electrons. The van der Waals surface area contributed by atoms with E-state index in [-0.39, 0.29) is 17.4 Å². The Bertz CT molecular complexity index is 662. The predicted octanol–water partition coefficient (Wildman–Crippen LogP) is 1.42. The molecule has 1 aromatic carbocycles. The highest BCUT2D eigenvalue weighted by Gasteiger charge is 2.62. The van der Waals surface area contributed by atoms with Gasteiger partial charge in [0.2, 0.25) is 11.7 Å². The Morgan fingerprint density at radius 2 is 1.87 bits per heavy atom. The highest BCUT2D eigenvalue weighted by molar-refractivity contribution is 6.39. The number of benzene rings is 1. The summed E-state index contributed by atoms with van der Waals surface area (Å²) in [7, 11) is 0. The van der Waals surface area contributed by atoms with Crippen molar-refractivity contribution in [3.8, 4) is 0 Å². The molecule has 1 atom stereocenters. The molecular weight excluding hydrogens is 292 g/mol. The van der Waals surface area contributed by atoms with Gasteiger partial charge < -0.3 is 10.2 Å². The Kier molecular flexibility index (Phi) is 3.25. The standard InChI is InChI=1S/C18H20N2O3/c21-14-10-18(8-9-18)16(15(22)17(23)19-13-6-7-13)20(14)11-12-4-2-1-3-5-12/h1-5,13,16H,6-11H2,(H,19,23). The van der Waals surface area contributed by atoms with Gasteiger partial charge in [-0.15, -0.1) is 0 Å². The van der Waals surface area contributed by atoms with Crippen LogP contribution in [0.25, 0.3) is 0 Å². The Morgan fingerprint density at radius 3 is 2.48 bits per heavy atom. The van der Waals surface area contributed by atoms with Crippen molar-refractivity contribution in [1.82, 2.24) is 10.2 Å². The molecule has 1 aliphatic heterocycles. The van der Waals surface area contributed by atoms with Crippen molar-refractivity contribution in [2.24, 2.45) is 5.41 Å². The van der Waals surface area contributed by atoms with Gasteiger partial charge in [-0.2, -0.15) is 0 Å². The van der Waals surface area contributed by atoms with Crippen molar-refractivity contribution in [1.29, 1.82) is 0 Å². The Hall–Kier alpha value is -2.17. The summed E-state index contributed by atoms with van der Waals surface area (Å²) in [4.78, 5) is 39.0. The van der Waals surface area contributed by atoms with E-state index in [0.29, 0.717) is 13.0 Å². The normalized spacial score (nSPS) is 24.8. The number of Topliss-reactive ketones (excluding diaryl/α,β-unsaturated/α-hetero) is 1. The molecule has 3 fully saturated rings. The van der Waals surface area contributed by atoms with Crippen LogP contribution in [-0.2, 0) is 20.9 Å². The lowest BCUT2D eigenvalue weighted by molar-refractivity contribution is -0.143. The van der Waals surface area contributed by atoms with Crippen LogP contribution in [0.4, 0.5) is 0 Å². The maximum atomic E-state index is 12.7. The third kappa shape index (κ3) is 2.64. The molecule has 2 amide bonds. The van der Waals surface area contributed by atoms with Crippen LogP contribution >= 0.6 is 0 Å². The fourth-order valence-corrected chi connectivity index (χ4v) is 3.57. The third-order valence-electron chi connectivity index (χ3n) is 5.19. The first-order chi connectivity index (χ1) is 11.1. The quantitative estimate of drug-likeness (QED) is 0.836. The van der Waals surface area contributed by atoms with Crippen molar-refractivity contribution in [3.63, 3.8) is 0 Å². The van der Waals surface area contributed by atoms with E-state index in [0.717, 1.165) is 31.2 Å². The molecule has 1 spiro atoms. The van der Waals surface area contributed by atoms with Gasteiger partial charge >= 0.3 is 0 Å². The third-order valence-corrected chi connectivity index (χ3v) is 5.19. The molecule has 4 rings (SSSR count). The highest BCUT2D eigenvalue weighted by atomic mass is 16.2. The van der Waals surface area contributed by atoms with Crippen LogP contribution in [0.3, 0.4) is 0 Å². The number of likely N-dealkylation sites (tertiary alicyclic amines) is 1. The molecular formula is C18H20N2O3. The number of rotatable bonds is 5. The number of carbonyl (C=O) groups excluding carboxylic acids is 3. The summed E-state index contributed by atoms with van der Waals surface area (Å²) in [5, 5.41) is 2.77. The van der Waals surface area contributed by atoms with Gasteiger partial charge in [0.25, 0.3) is 5.91 Å². The number of nitrogens with one attached hydrogen (secondary N) is 1. The lowest BCUT2D eigenvalue weighted by atomic mass is 9.93. The average Bonchev–Trinajstić information content (AvgIpc) is 3.45. The maximum Gasteiger partial charge on any atom is 0.289 e. The van der Waals surface area contributed by atoms with E-state index < -0.39 is 17.7 Å². The van der Waals surface area contributed by atoms with Crippen LogP contribution in [0.2, 0.25) is 0 Å². The molecule has 1 N–H and O–H groups in total. The largest absolute Gasteiger partial charge is 0.347 e. The zero-order valence-corrected chi connectivity index (χ0v) is 13.0. The minimum Gasteiger partial charge on any atom is -0.347 e. The molecule has 5 heteroatoms. The Morgan fingerprint density at radius 1 is 1.17 bits per heavy atom. The molecule has 120 valence electrons. The number of amides is 2. The molecule has 1 unspecified atom stereocenters. The molecule has 2 aliphatic carbocycles. The summed E-state index contributed by atoms with van der Waals surface area (Å²) < 4.78 is 0. The molecule has 5 nitrogen and oxygen atoms in total. The van der Waals surface area contributed by atoms with Gasteiger partial charge in [-0.3, -0.25) is 14.4 Å². The molecule has 1 heterocycles. The molecule has 23 heavy (non-hydrogen) atoms. The molecule has 1 saturated heterocycles. The second kappa shape index (κ2) is 5.18. The van der Waals surface area contributed by atoms with Gasteiger partial charge in [0.05, 0.1) is 0 Å². The summed E-state index contributed by atoms with van der Waals surface area (Å²) in [6, 6.07) is 9.20. The van der Waals surface area contributed by atoms with Gasteiger partial charge in [-0.05, 0) is 31.2 Å². The maximum absolute atomic E-state index is 12.7. The first-order valence-electron chi connectivity index (χ1n) is 8.27. The first-order valence-corrected chi connectivity index (χ1v) is 8.27. The van der Waals surface area contributed by atoms with Crippen molar-refractivity contribution < 1.29 is 14.4 Å². The summed E-state index contributed by atoms with van der Waals surface area (Å²) in [6.07, 6.45) is 4.00. The van der Waals surface area contributed by atoms with E-state index in [1.165, 1.54) is 0 Å². The van der Waals surface area contributed by atoms with Crippen LogP contribution in [0.15, 0.2) is 30.3 Å². The summed E-state index contributed by atoms with van der Waals surface area (Å²) in [5.41, 5.74) is 0.697. The summed E-state index contributed by atoms with van der Waals surface area (Å²) in [6.45, 7) is 0.397. The zero-order chi connectivity index (χ0) is 16.0. The van der Waals surface area contributed by atoms with Gasteiger partial charge in [0.15, 0.2) is 0 Å². The number of nitrogens with zero attached hydrogens (tertiary/aromatic N) is 1. The lowest BCUT2D eigenvalue weighted by Gasteiger charge is -2.26. The number of hydrogen-bond acceptors (Lipinski definition) is 3. The number of ketones is 1. The number of carbonyl (C=O) groups is 3. The van der Waals surface area contributed by atoms with Crippen LogP contribution < -0.4 is 5.32 Å². The van der Waals surface area contributed by atoms with E-state index >= 15 is 0 Å². The van der Waals surface area contributed by atoms with Gasteiger partial charge in [-0.1, -0.05) is 30.3 Å². The van der Waals surface area contributed by atoms with E-state index in [1.54, 1.807) is 4.90 Å². The van der Waals surface area contributed by atoms with Crippen molar-refractivity contribution in [2.45, 2.75) is 50.7 Å². The topological polar surface area (TPSA) is 66.5 Å². The van der Waals surface area contributed by atoms with Gasteiger partial charge in [0, 0.05) is 24.4 Å². The van der Waals surface area contributed by atoms with E-state index in [1.807, 2.05) is 30.3 Å². The van der Waals surface area contributed by atoms with E-state index in [2.05, 4.69) is 5.32 Å². The second-order valence-corrected chi connectivity index (χ2v) is 7.06. The second-order valence-electron chi connectivity index (χ2n) is 7.06.